The molecular formula is C58H34N4. The van der Waals surface area contributed by atoms with Crippen molar-refractivity contribution in [3.8, 4) is 56.3 Å². The van der Waals surface area contributed by atoms with E-state index in [-0.39, 0.29) is 0 Å². The number of nitrogens with zero attached hydrogens (tertiary/aromatic N) is 4. The third-order valence-corrected chi connectivity index (χ3v) is 13.3. The first-order chi connectivity index (χ1) is 30.8. The molecule has 0 N–H and O–H groups in total. The molecule has 0 fully saturated rings. The van der Waals surface area contributed by atoms with Crippen LogP contribution in [0.2, 0.25) is 0 Å². The number of benzene rings is 10. The lowest BCUT2D eigenvalue weighted by molar-refractivity contribution is 1.01. The zero-order valence-electron chi connectivity index (χ0n) is 33.4. The minimum Gasteiger partial charge on any atom is -0.309 e. The molecular weight excluding hydrogens is 753 g/mol. The quantitative estimate of drug-likeness (QED) is 0.178. The molecule has 1 aliphatic rings. The fourth-order valence-electron chi connectivity index (χ4n) is 10.7. The van der Waals surface area contributed by atoms with Gasteiger partial charge in [0.2, 0.25) is 5.95 Å². The number of fused-ring (bicyclic) bond motifs is 12. The first-order valence-corrected chi connectivity index (χ1v) is 21.3. The van der Waals surface area contributed by atoms with Crippen LogP contribution in [0, 0.1) is 0 Å². The van der Waals surface area contributed by atoms with Crippen molar-refractivity contribution >= 4 is 76.1 Å². The fourth-order valence-corrected chi connectivity index (χ4v) is 10.7. The van der Waals surface area contributed by atoms with Crippen LogP contribution >= 0.6 is 0 Å². The molecule has 1 aliphatic carbocycles. The molecule has 0 atom stereocenters. The number of aromatic nitrogens is 4. The van der Waals surface area contributed by atoms with E-state index in [0.717, 1.165) is 44.4 Å². The Morgan fingerprint density at radius 3 is 1.71 bits per heavy atom. The molecule has 0 spiro atoms. The Bertz CT molecular complexity index is 4010. The maximum absolute atomic E-state index is 5.60. The Balaban J connectivity index is 1.05. The predicted molar refractivity (Wildman–Crippen MR) is 259 cm³/mol. The topological polar surface area (TPSA) is 35.6 Å². The Labute approximate surface area is 356 Å². The zero-order valence-corrected chi connectivity index (χ0v) is 33.4. The summed E-state index contributed by atoms with van der Waals surface area (Å²) in [6.45, 7) is 0. The molecule has 10 aromatic carbocycles. The van der Waals surface area contributed by atoms with E-state index in [1.807, 2.05) is 0 Å². The number of hydrogen-bond donors (Lipinski definition) is 0. The van der Waals surface area contributed by atoms with Crippen LogP contribution in [0.3, 0.4) is 0 Å². The first kappa shape index (κ1) is 33.5. The Morgan fingerprint density at radius 2 is 0.887 bits per heavy atom. The molecule has 14 rings (SSSR count). The minimum atomic E-state index is 0.647. The Morgan fingerprint density at radius 1 is 0.290 bits per heavy atom. The fraction of sp³-hybridized carbons (Fsp3) is 0. The average molecular weight is 787 g/mol. The van der Waals surface area contributed by atoms with Gasteiger partial charge in [-0.3, -0.25) is 4.57 Å². The molecule has 0 saturated carbocycles. The molecule has 0 saturated heterocycles. The molecule has 0 bridgehead atoms. The summed E-state index contributed by atoms with van der Waals surface area (Å²) < 4.78 is 4.66. The molecule has 0 aliphatic heterocycles. The highest BCUT2D eigenvalue weighted by Crippen LogP contribution is 2.51. The largest absolute Gasteiger partial charge is 0.309 e. The second-order valence-corrected chi connectivity index (χ2v) is 16.5. The standard InChI is InChI=1S/C58H34N4/c1-2-15-36(16-3-1)61-51-27-12-9-20-41(51)49-33-35(29-32-53(49)61)57-46-22-8-11-26-50(46)59-58(60-57)62-52-28-13-10-23-47(52)56-44-21-7-6-19-39(44)48(34-54(56)62)40-30-31-45-38-18-5-4-17-37(38)42-24-14-25-43(40)55(42)45/h1-34H. The molecule has 3 aromatic heterocycles. The second-order valence-electron chi connectivity index (χ2n) is 16.5. The summed E-state index contributed by atoms with van der Waals surface area (Å²) in [5.74, 6) is 0.647. The average Bonchev–Trinajstić information content (AvgIpc) is 3.98. The van der Waals surface area contributed by atoms with Crippen LogP contribution in [0.25, 0.3) is 132 Å². The summed E-state index contributed by atoms with van der Waals surface area (Å²) in [6.07, 6.45) is 0. The van der Waals surface area contributed by atoms with Crippen LogP contribution < -0.4 is 0 Å². The van der Waals surface area contributed by atoms with Crippen LogP contribution in [0.1, 0.15) is 0 Å². The molecule has 286 valence electrons. The van der Waals surface area contributed by atoms with Gasteiger partial charge in [0.25, 0.3) is 0 Å². The highest BCUT2D eigenvalue weighted by Gasteiger charge is 2.25. The SMILES string of the molecule is c1ccc(-n2c3ccccc3c3cc(-c4nc(-n5c6ccccc6c6c7ccccc7c(-c7ccc8c9c(cccc79)-c7ccccc7-8)cc65)nc5ccccc45)ccc32)cc1. The first-order valence-electron chi connectivity index (χ1n) is 21.3. The summed E-state index contributed by atoms with van der Waals surface area (Å²) in [6, 6.07) is 74.8. The maximum Gasteiger partial charge on any atom is 0.235 e. The van der Waals surface area contributed by atoms with Crippen molar-refractivity contribution in [2.75, 3.05) is 0 Å². The molecule has 4 heteroatoms. The van der Waals surface area contributed by atoms with Crippen molar-refractivity contribution in [1.82, 2.24) is 19.1 Å². The van der Waals surface area contributed by atoms with Gasteiger partial charge >= 0.3 is 0 Å². The third-order valence-electron chi connectivity index (χ3n) is 13.3. The summed E-state index contributed by atoms with van der Waals surface area (Å²) in [5, 5.41) is 10.8. The molecule has 4 nitrogen and oxygen atoms in total. The van der Waals surface area contributed by atoms with Crippen molar-refractivity contribution in [2.45, 2.75) is 0 Å². The lowest BCUT2D eigenvalue weighted by atomic mass is 9.90. The van der Waals surface area contributed by atoms with Crippen LogP contribution in [-0.4, -0.2) is 19.1 Å². The van der Waals surface area contributed by atoms with Crippen LogP contribution in [0.15, 0.2) is 206 Å². The monoisotopic (exact) mass is 786 g/mol. The molecule has 0 amide bonds. The van der Waals surface area contributed by atoms with Gasteiger partial charge in [0, 0.05) is 38.2 Å². The molecule has 3 heterocycles. The van der Waals surface area contributed by atoms with Crippen molar-refractivity contribution in [1.29, 1.82) is 0 Å². The summed E-state index contributed by atoms with van der Waals surface area (Å²) in [4.78, 5) is 11.0. The van der Waals surface area contributed by atoms with Crippen LogP contribution in [0.4, 0.5) is 0 Å². The van der Waals surface area contributed by atoms with Gasteiger partial charge in [-0.25, -0.2) is 9.97 Å². The molecule has 62 heavy (non-hydrogen) atoms. The number of rotatable bonds is 4. The van der Waals surface area contributed by atoms with Gasteiger partial charge in [-0.1, -0.05) is 158 Å². The maximum atomic E-state index is 5.60. The van der Waals surface area contributed by atoms with Gasteiger partial charge in [-0.05, 0) is 103 Å². The smallest absolute Gasteiger partial charge is 0.235 e. The van der Waals surface area contributed by atoms with Gasteiger partial charge in [0.15, 0.2) is 0 Å². The van der Waals surface area contributed by atoms with E-state index >= 15 is 0 Å². The van der Waals surface area contributed by atoms with E-state index in [9.17, 15) is 0 Å². The third kappa shape index (κ3) is 4.55. The molecule has 0 unspecified atom stereocenters. The van der Waals surface area contributed by atoms with Gasteiger partial charge in [-0.2, -0.15) is 0 Å². The van der Waals surface area contributed by atoms with Crippen molar-refractivity contribution < 1.29 is 0 Å². The van der Waals surface area contributed by atoms with E-state index in [4.69, 9.17) is 9.97 Å². The normalized spacial score (nSPS) is 12.2. The van der Waals surface area contributed by atoms with E-state index < -0.39 is 0 Å². The summed E-state index contributed by atoms with van der Waals surface area (Å²) >= 11 is 0. The van der Waals surface area contributed by atoms with Crippen LogP contribution in [0.5, 0.6) is 0 Å². The number of para-hydroxylation sites is 4. The second kappa shape index (κ2) is 12.6. The van der Waals surface area contributed by atoms with E-state index in [1.165, 1.54) is 82.0 Å². The van der Waals surface area contributed by atoms with E-state index in [1.54, 1.807) is 0 Å². The van der Waals surface area contributed by atoms with Crippen LogP contribution in [-0.2, 0) is 0 Å². The predicted octanol–water partition coefficient (Wildman–Crippen LogP) is 15.1. The van der Waals surface area contributed by atoms with E-state index in [2.05, 4.69) is 215 Å². The highest BCUT2D eigenvalue weighted by molar-refractivity contribution is 6.26. The van der Waals surface area contributed by atoms with Gasteiger partial charge in [0.1, 0.15) is 0 Å². The lowest BCUT2D eigenvalue weighted by Crippen LogP contribution is -2.03. The van der Waals surface area contributed by atoms with Gasteiger partial charge in [-0.15, -0.1) is 0 Å². The van der Waals surface area contributed by atoms with Crippen molar-refractivity contribution in [3.05, 3.63) is 206 Å². The Hall–Kier alpha value is -8.34. The molecule has 13 aromatic rings. The number of hydrogen-bond acceptors (Lipinski definition) is 2. The van der Waals surface area contributed by atoms with Gasteiger partial charge in [0.05, 0.1) is 33.3 Å². The lowest BCUT2D eigenvalue weighted by Gasteiger charge is -2.15. The summed E-state index contributed by atoms with van der Waals surface area (Å²) in [5.41, 5.74) is 16.1. The minimum absolute atomic E-state index is 0.647. The Kier molecular flexibility index (Phi) is 6.80. The van der Waals surface area contributed by atoms with E-state index in [0.29, 0.717) is 5.95 Å². The van der Waals surface area contributed by atoms with Gasteiger partial charge < -0.3 is 4.57 Å². The highest BCUT2D eigenvalue weighted by atomic mass is 15.2. The summed E-state index contributed by atoms with van der Waals surface area (Å²) in [7, 11) is 0. The van der Waals surface area contributed by atoms with Crippen molar-refractivity contribution in [2.24, 2.45) is 0 Å². The van der Waals surface area contributed by atoms with Crippen molar-refractivity contribution in [3.63, 3.8) is 0 Å². The zero-order chi connectivity index (χ0) is 40.5. The molecule has 0 radical (unpaired) electrons.